The number of nitrogens with one attached hydrogen (secondary N) is 1. The van der Waals surface area contributed by atoms with E-state index in [1.54, 1.807) is 7.11 Å². The zero-order valence-electron chi connectivity index (χ0n) is 10.9. The lowest BCUT2D eigenvalue weighted by molar-refractivity contribution is 0.0154. The molecular weight excluding hydrogens is 198 g/mol. The van der Waals surface area contributed by atoms with E-state index in [0.717, 1.165) is 19.1 Å². The van der Waals surface area contributed by atoms with Gasteiger partial charge >= 0.3 is 0 Å². The number of ether oxygens (including phenoxy) is 1. The molecule has 2 fully saturated rings. The first-order valence-corrected chi connectivity index (χ1v) is 7.02. The summed E-state index contributed by atoms with van der Waals surface area (Å²) in [7, 11) is 1.79. The van der Waals surface area contributed by atoms with Crippen molar-refractivity contribution in [2.24, 2.45) is 5.41 Å². The molecule has 2 rings (SSSR count). The third-order valence-corrected chi connectivity index (χ3v) is 4.76. The Labute approximate surface area is 100 Å². The lowest BCUT2D eigenvalue weighted by atomic mass is 9.57. The maximum Gasteiger partial charge on any atom is 0.0476 e. The molecule has 0 amide bonds. The van der Waals surface area contributed by atoms with Crippen LogP contribution in [0.1, 0.15) is 58.3 Å². The first-order valence-electron chi connectivity index (χ1n) is 7.02. The number of hydrogen-bond donors (Lipinski definition) is 1. The fraction of sp³-hybridized carbons (Fsp3) is 1.00. The van der Waals surface area contributed by atoms with Crippen molar-refractivity contribution in [3.05, 3.63) is 0 Å². The fourth-order valence-electron chi connectivity index (χ4n) is 3.53. The number of methoxy groups -OCH3 is 1. The molecule has 94 valence electrons. The predicted octanol–water partition coefficient (Wildman–Crippen LogP) is 3.11. The van der Waals surface area contributed by atoms with Gasteiger partial charge in [0.25, 0.3) is 0 Å². The van der Waals surface area contributed by atoms with Crippen molar-refractivity contribution in [3.8, 4) is 0 Å². The Morgan fingerprint density at radius 3 is 2.56 bits per heavy atom. The predicted molar refractivity (Wildman–Crippen MR) is 67.6 cm³/mol. The molecule has 1 spiro atoms. The summed E-state index contributed by atoms with van der Waals surface area (Å²) in [6, 6.07) is 1.42. The molecule has 0 aromatic rings. The van der Waals surface area contributed by atoms with Gasteiger partial charge in [-0.25, -0.2) is 0 Å². The van der Waals surface area contributed by atoms with Crippen LogP contribution in [-0.2, 0) is 4.74 Å². The van der Waals surface area contributed by atoms with Crippen LogP contribution in [0.3, 0.4) is 0 Å². The molecule has 2 saturated carbocycles. The minimum Gasteiger partial charge on any atom is -0.385 e. The van der Waals surface area contributed by atoms with Crippen LogP contribution in [-0.4, -0.2) is 25.8 Å². The molecular formula is C14H27NO. The first-order chi connectivity index (χ1) is 7.77. The average molecular weight is 225 g/mol. The summed E-state index contributed by atoms with van der Waals surface area (Å²) < 4.78 is 5.14. The Balaban J connectivity index is 1.77. The number of hydrogen-bond acceptors (Lipinski definition) is 2. The summed E-state index contributed by atoms with van der Waals surface area (Å²) in [5, 5.41) is 3.83. The van der Waals surface area contributed by atoms with Crippen molar-refractivity contribution < 1.29 is 4.74 Å². The van der Waals surface area contributed by atoms with Crippen molar-refractivity contribution in [2.75, 3.05) is 13.7 Å². The van der Waals surface area contributed by atoms with Crippen LogP contribution >= 0.6 is 0 Å². The van der Waals surface area contributed by atoms with Gasteiger partial charge in [-0.2, -0.15) is 0 Å². The third kappa shape index (κ3) is 2.60. The van der Waals surface area contributed by atoms with E-state index in [2.05, 4.69) is 12.2 Å². The SMILES string of the molecule is COCCC(C)NC1CCC12CCCCC2. The second-order valence-corrected chi connectivity index (χ2v) is 5.86. The summed E-state index contributed by atoms with van der Waals surface area (Å²) >= 11 is 0. The van der Waals surface area contributed by atoms with E-state index in [0.29, 0.717) is 11.5 Å². The van der Waals surface area contributed by atoms with E-state index in [1.807, 2.05) is 0 Å². The van der Waals surface area contributed by atoms with Gasteiger partial charge in [-0.15, -0.1) is 0 Å². The standard InChI is InChI=1S/C14H27NO/c1-12(7-11-16-2)15-13-6-10-14(13)8-4-3-5-9-14/h12-13,15H,3-11H2,1-2H3. The molecule has 2 atom stereocenters. The Kier molecular flexibility index (Phi) is 4.26. The van der Waals surface area contributed by atoms with Crippen LogP contribution in [0.2, 0.25) is 0 Å². The molecule has 2 aliphatic carbocycles. The van der Waals surface area contributed by atoms with E-state index in [1.165, 1.54) is 44.9 Å². The lowest BCUT2D eigenvalue weighted by Gasteiger charge is -2.53. The second kappa shape index (κ2) is 5.50. The summed E-state index contributed by atoms with van der Waals surface area (Å²) in [6.45, 7) is 3.18. The Hall–Kier alpha value is -0.0800. The van der Waals surface area contributed by atoms with Crippen molar-refractivity contribution >= 4 is 0 Å². The van der Waals surface area contributed by atoms with E-state index in [9.17, 15) is 0 Å². The summed E-state index contributed by atoms with van der Waals surface area (Å²) in [6.07, 6.45) is 11.4. The molecule has 0 aliphatic heterocycles. The van der Waals surface area contributed by atoms with Gasteiger partial charge in [0.15, 0.2) is 0 Å². The first kappa shape index (κ1) is 12.4. The Morgan fingerprint density at radius 2 is 2.00 bits per heavy atom. The minimum absolute atomic E-state index is 0.615. The van der Waals surface area contributed by atoms with Crippen molar-refractivity contribution in [2.45, 2.75) is 70.4 Å². The van der Waals surface area contributed by atoms with E-state index in [-0.39, 0.29) is 0 Å². The zero-order chi connectivity index (χ0) is 11.4. The van der Waals surface area contributed by atoms with Crippen LogP contribution in [0.4, 0.5) is 0 Å². The van der Waals surface area contributed by atoms with Crippen LogP contribution in [0.15, 0.2) is 0 Å². The van der Waals surface area contributed by atoms with Crippen LogP contribution in [0.25, 0.3) is 0 Å². The van der Waals surface area contributed by atoms with Crippen molar-refractivity contribution in [1.29, 1.82) is 0 Å². The van der Waals surface area contributed by atoms with Gasteiger partial charge in [0.2, 0.25) is 0 Å². The quantitative estimate of drug-likeness (QED) is 0.776. The molecule has 0 aromatic heterocycles. The van der Waals surface area contributed by atoms with Crippen LogP contribution < -0.4 is 5.32 Å². The van der Waals surface area contributed by atoms with Gasteiger partial charge < -0.3 is 10.1 Å². The Bertz CT molecular complexity index is 211. The molecule has 0 aromatic carbocycles. The molecule has 2 heteroatoms. The molecule has 2 unspecified atom stereocenters. The van der Waals surface area contributed by atoms with E-state index in [4.69, 9.17) is 4.74 Å². The lowest BCUT2D eigenvalue weighted by Crippen LogP contribution is -2.56. The van der Waals surface area contributed by atoms with E-state index < -0.39 is 0 Å². The summed E-state index contributed by atoms with van der Waals surface area (Å²) in [5.74, 6) is 0. The Morgan fingerprint density at radius 1 is 1.25 bits per heavy atom. The summed E-state index contributed by atoms with van der Waals surface area (Å²) in [5.41, 5.74) is 0.694. The fourth-order valence-corrected chi connectivity index (χ4v) is 3.53. The smallest absolute Gasteiger partial charge is 0.0476 e. The molecule has 2 aliphatic rings. The maximum atomic E-state index is 5.14. The highest BCUT2D eigenvalue weighted by Gasteiger charge is 2.46. The van der Waals surface area contributed by atoms with Gasteiger partial charge in [-0.1, -0.05) is 19.3 Å². The second-order valence-electron chi connectivity index (χ2n) is 5.86. The van der Waals surface area contributed by atoms with Gasteiger partial charge in [0, 0.05) is 25.8 Å². The van der Waals surface area contributed by atoms with Crippen LogP contribution in [0, 0.1) is 5.41 Å². The highest BCUT2D eigenvalue weighted by molar-refractivity contribution is 5.02. The minimum atomic E-state index is 0.615. The molecule has 0 saturated heterocycles. The third-order valence-electron chi connectivity index (χ3n) is 4.76. The zero-order valence-corrected chi connectivity index (χ0v) is 10.9. The van der Waals surface area contributed by atoms with Gasteiger partial charge in [0.05, 0.1) is 0 Å². The highest BCUT2D eigenvalue weighted by Crippen LogP contribution is 2.51. The molecule has 0 heterocycles. The van der Waals surface area contributed by atoms with Crippen molar-refractivity contribution in [3.63, 3.8) is 0 Å². The molecule has 1 N–H and O–H groups in total. The number of rotatable bonds is 5. The van der Waals surface area contributed by atoms with E-state index >= 15 is 0 Å². The molecule has 16 heavy (non-hydrogen) atoms. The van der Waals surface area contributed by atoms with Gasteiger partial charge in [-0.3, -0.25) is 0 Å². The van der Waals surface area contributed by atoms with Crippen LogP contribution in [0.5, 0.6) is 0 Å². The molecule has 0 radical (unpaired) electrons. The normalized spacial score (nSPS) is 30.0. The van der Waals surface area contributed by atoms with Gasteiger partial charge in [-0.05, 0) is 44.4 Å². The molecule has 0 bridgehead atoms. The van der Waals surface area contributed by atoms with Gasteiger partial charge in [0.1, 0.15) is 0 Å². The molecule has 2 nitrogen and oxygen atoms in total. The van der Waals surface area contributed by atoms with Crippen molar-refractivity contribution in [1.82, 2.24) is 5.32 Å². The monoisotopic (exact) mass is 225 g/mol. The average Bonchev–Trinajstić information content (AvgIpc) is 2.33. The summed E-state index contributed by atoms with van der Waals surface area (Å²) in [4.78, 5) is 0. The topological polar surface area (TPSA) is 21.3 Å². The highest BCUT2D eigenvalue weighted by atomic mass is 16.5. The maximum absolute atomic E-state index is 5.14. The largest absolute Gasteiger partial charge is 0.385 e.